The minimum Gasteiger partial charge on any atom is -0.493 e. The highest BCUT2D eigenvalue weighted by Gasteiger charge is 2.29. The molecule has 1 aliphatic rings. The molecule has 700 valence electrons. The van der Waals surface area contributed by atoms with Gasteiger partial charge in [0, 0.05) is 72.2 Å². The Kier molecular flexibility index (Phi) is 42.7. The standard InChI is InChI=1S/C22H24FNO4.C20H23FN2O5.C20H25FN2O3.C14H19FO3.C13H17FO2.C6H5FN2O2.CO2/c1-22(2,3)28-21(26)11-16(14-4-7-17(23)8-5-14)13-27-18-9-6-15-10-20(25)24-19(15)12-18;1-20(2,3)28-19(24)10-14(13-4-6-15(21)7-5-13)12-27-16-8-9-18(23(25)26)17(22)11-16;1-20(2,3)26-19(24)10-14(13-4-6-15(21)7-5-13)12-25-16-8-9-17(22)18(23)11-16;1-14(2,3)18-13(17)8-11(9-16)10-4-6-12(15)7-5-10;1-13(2,3)16-12(15)9-6-10-4-7-11(14)8-5-10;7-4-1-2-6(9(10)11)5(8)3-4;2-1-3/h4-9,12,16H,10-11,13H2,1-3H3,(H,24,25);4-9,11,14H,10,12,22H2,1-3H3;4-9,11,14H,10,12,22-23H2,1-3H3;4-7,11,16H,8-9H2,1-3H3;4-5,7-8H,6,9H2,1-3H3;1-3H,8H2;/t16-;2*14-;11-;;;/m0000.../s1. The molecule has 34 heteroatoms. The van der Waals surface area contributed by atoms with Crippen LogP contribution in [0.1, 0.15) is 193 Å². The summed E-state index contributed by atoms with van der Waals surface area (Å²) in [6, 6.07) is 47.1. The molecule has 4 atom stereocenters. The predicted octanol–water partition coefficient (Wildman–Crippen LogP) is 18.8. The number of carbonyl (C=O) groups excluding carboxylic acids is 8. The van der Waals surface area contributed by atoms with Crippen LogP contribution in [0.4, 0.5) is 66.2 Å². The van der Waals surface area contributed by atoms with E-state index in [1.165, 1.54) is 78.9 Å². The maximum Gasteiger partial charge on any atom is 0.373 e. The van der Waals surface area contributed by atoms with Crippen LogP contribution >= 0.6 is 0 Å². The molecule has 0 aliphatic carbocycles. The largest absolute Gasteiger partial charge is 0.493 e. The maximum atomic E-state index is 13.3. The van der Waals surface area contributed by atoms with E-state index in [1.807, 2.05) is 68.4 Å². The number of nitrogens with zero attached hydrogens (tertiary/aromatic N) is 2. The molecule has 9 aromatic carbocycles. The summed E-state index contributed by atoms with van der Waals surface area (Å²) in [5.41, 5.74) is 25.4. The quantitative estimate of drug-likeness (QED) is 0.00695. The summed E-state index contributed by atoms with van der Waals surface area (Å²) in [7, 11) is 0. The van der Waals surface area contributed by atoms with Crippen LogP contribution < -0.4 is 42.5 Å². The second-order valence-corrected chi connectivity index (χ2v) is 34.3. The third-order valence-corrected chi connectivity index (χ3v) is 17.4. The SMILES string of the molecule is CC(C)(C)OC(=O)CCc1ccc(F)cc1.CC(C)(C)OC(=O)C[C@@H](CO)c1ccc(F)cc1.CC(C)(C)OC(=O)C[C@@H](COc1ccc(N)c(N)c1)c1ccc(F)cc1.CC(C)(C)OC(=O)C[C@@H](COc1ccc([N+](=O)[O-])c(N)c1)c1ccc(F)cc1.CC(C)(C)OC(=O)C[C@@H](COc1ccc2c(c1)NC(=O)C2)c1ccc(F)cc1.Nc1cc(F)ccc1[N+](=O)[O-].O=C=O. The van der Waals surface area contributed by atoms with Crippen molar-refractivity contribution in [3.8, 4) is 17.2 Å². The maximum absolute atomic E-state index is 13.3. The number of nitrogens with one attached hydrogen (secondary N) is 1. The number of nitrogen functional groups attached to an aromatic ring is 4. The zero-order chi connectivity index (χ0) is 97.6. The number of nitrogens with two attached hydrogens (primary N) is 4. The molecule has 1 aliphatic heterocycles. The highest BCUT2D eigenvalue weighted by atomic mass is 19.1. The zero-order valence-electron chi connectivity index (χ0n) is 75.1. The molecule has 28 nitrogen and oxygen atoms in total. The molecule has 0 spiro atoms. The minimum absolute atomic E-state index is 0.0204. The third-order valence-electron chi connectivity index (χ3n) is 17.4. The first kappa shape index (κ1) is 108. The Morgan fingerprint density at radius 2 is 0.677 bits per heavy atom. The Morgan fingerprint density at radius 1 is 0.392 bits per heavy atom. The van der Waals surface area contributed by atoms with Crippen molar-refractivity contribution in [2.24, 2.45) is 0 Å². The first-order valence-electron chi connectivity index (χ1n) is 40.7. The van der Waals surface area contributed by atoms with Gasteiger partial charge in [0.15, 0.2) is 0 Å². The molecule has 130 heavy (non-hydrogen) atoms. The molecule has 10 rings (SSSR count). The number of fused-ring (bicyclic) bond motifs is 1. The average Bonchev–Trinajstić information content (AvgIpc) is 1.69. The smallest absolute Gasteiger partial charge is 0.373 e. The summed E-state index contributed by atoms with van der Waals surface area (Å²) in [5, 5.41) is 33.1. The Labute approximate surface area is 750 Å². The number of nitro benzene ring substituents is 2. The zero-order valence-corrected chi connectivity index (χ0v) is 75.1. The van der Waals surface area contributed by atoms with Crippen molar-refractivity contribution in [3.63, 3.8) is 0 Å². The van der Waals surface area contributed by atoms with E-state index in [1.54, 1.807) is 133 Å². The first-order valence-corrected chi connectivity index (χ1v) is 40.7. The topological polar surface area (TPSA) is 433 Å². The molecule has 0 aromatic heterocycles. The fraction of sp³-hybridized carbons (Fsp3) is 0.365. The number of aryl methyl sites for hydroxylation is 1. The van der Waals surface area contributed by atoms with Crippen LogP contribution in [0.15, 0.2) is 194 Å². The van der Waals surface area contributed by atoms with Crippen molar-refractivity contribution in [2.45, 2.75) is 200 Å². The fourth-order valence-corrected chi connectivity index (χ4v) is 11.7. The van der Waals surface area contributed by atoms with E-state index >= 15 is 0 Å². The van der Waals surface area contributed by atoms with Gasteiger partial charge in [-0.05, 0) is 235 Å². The van der Waals surface area contributed by atoms with Crippen LogP contribution in [0.2, 0.25) is 0 Å². The number of esters is 5. The molecular weight excluding hydrogens is 1700 g/mol. The summed E-state index contributed by atoms with van der Waals surface area (Å²) >= 11 is 0. The van der Waals surface area contributed by atoms with Gasteiger partial charge in [0.05, 0.1) is 79.8 Å². The number of carbonyl (C=O) groups is 6. The number of rotatable bonds is 27. The molecule has 0 bridgehead atoms. The average molecular weight is 1810 g/mol. The Bertz CT molecular complexity index is 5220. The number of amides is 1. The third kappa shape index (κ3) is 43.5. The van der Waals surface area contributed by atoms with Crippen molar-refractivity contribution in [1.29, 1.82) is 0 Å². The van der Waals surface area contributed by atoms with Crippen molar-refractivity contribution >= 4 is 81.7 Å². The number of hydrogen-bond acceptors (Lipinski definition) is 25. The summed E-state index contributed by atoms with van der Waals surface area (Å²) in [6.07, 6.45) is 1.87. The normalized spacial score (nSPS) is 12.3. The molecule has 0 saturated carbocycles. The van der Waals surface area contributed by atoms with Crippen molar-refractivity contribution in [1.82, 2.24) is 0 Å². The number of halogens is 6. The van der Waals surface area contributed by atoms with Crippen molar-refractivity contribution in [2.75, 3.05) is 54.7 Å². The number of aliphatic hydroxyl groups excluding tert-OH is 1. The van der Waals surface area contributed by atoms with Gasteiger partial charge < -0.3 is 71.3 Å². The highest BCUT2D eigenvalue weighted by molar-refractivity contribution is 5.99. The molecule has 9 aromatic rings. The number of anilines is 5. The van der Waals surface area contributed by atoms with Gasteiger partial charge in [-0.2, -0.15) is 9.59 Å². The van der Waals surface area contributed by atoms with E-state index < -0.39 is 55.6 Å². The van der Waals surface area contributed by atoms with Gasteiger partial charge in [-0.3, -0.25) is 49.0 Å². The molecule has 0 unspecified atom stereocenters. The van der Waals surface area contributed by atoms with Gasteiger partial charge in [0.1, 0.15) is 91.5 Å². The highest BCUT2D eigenvalue weighted by Crippen LogP contribution is 2.34. The number of nitro groups is 2. The number of ether oxygens (including phenoxy) is 8. The van der Waals surface area contributed by atoms with Crippen LogP contribution in [0.5, 0.6) is 17.2 Å². The van der Waals surface area contributed by atoms with Crippen molar-refractivity contribution in [3.05, 3.63) is 283 Å². The molecular formula is C96H113F6N7O21. The summed E-state index contributed by atoms with van der Waals surface area (Å²) in [5.74, 6) is -3.83. The molecule has 1 amide bonds. The second-order valence-electron chi connectivity index (χ2n) is 34.3. The molecule has 0 saturated heterocycles. The lowest BCUT2D eigenvalue weighted by molar-refractivity contribution is -0.384. The number of aliphatic hydroxyl groups is 1. The lowest BCUT2D eigenvalue weighted by Crippen LogP contribution is -2.26. The van der Waals surface area contributed by atoms with Gasteiger partial charge in [-0.1, -0.05) is 66.7 Å². The second kappa shape index (κ2) is 51.2. The number of hydrogen-bond donors (Lipinski definition) is 6. The fourth-order valence-electron chi connectivity index (χ4n) is 11.7. The van der Waals surface area contributed by atoms with Crippen LogP contribution in [-0.2, 0) is 74.9 Å². The summed E-state index contributed by atoms with van der Waals surface area (Å²) < 4.78 is 121. The molecule has 0 fully saturated rings. The monoisotopic (exact) mass is 1810 g/mol. The predicted molar refractivity (Wildman–Crippen MR) is 477 cm³/mol. The molecule has 0 radical (unpaired) electrons. The van der Waals surface area contributed by atoms with E-state index in [4.69, 9.17) is 70.4 Å². The Balaban J connectivity index is 0.000000332. The minimum atomic E-state index is -0.658. The summed E-state index contributed by atoms with van der Waals surface area (Å²) in [4.78, 5) is 107. The first-order chi connectivity index (χ1) is 60.6. The van der Waals surface area contributed by atoms with E-state index in [0.717, 1.165) is 51.7 Å². The van der Waals surface area contributed by atoms with Gasteiger partial charge in [0.2, 0.25) is 5.91 Å². The molecule has 1 heterocycles. The van der Waals surface area contributed by atoms with Gasteiger partial charge >= 0.3 is 36.0 Å². The summed E-state index contributed by atoms with van der Waals surface area (Å²) in [6.45, 7) is 27.4. The van der Waals surface area contributed by atoms with Gasteiger partial charge in [-0.15, -0.1) is 0 Å². The van der Waals surface area contributed by atoms with Crippen LogP contribution in [0.25, 0.3) is 0 Å². The van der Waals surface area contributed by atoms with E-state index in [2.05, 4.69) is 5.32 Å². The Hall–Kier alpha value is -13.9. The van der Waals surface area contributed by atoms with Crippen LogP contribution in [-0.4, -0.2) is 111 Å². The lowest BCUT2D eigenvalue weighted by Gasteiger charge is -2.23. The van der Waals surface area contributed by atoms with E-state index in [9.17, 15) is 80.4 Å². The van der Waals surface area contributed by atoms with Gasteiger partial charge in [0.25, 0.3) is 11.4 Å². The van der Waals surface area contributed by atoms with Gasteiger partial charge in [-0.25, -0.2) is 26.3 Å². The van der Waals surface area contributed by atoms with Crippen LogP contribution in [0, 0.1) is 55.1 Å². The Morgan fingerprint density at radius 3 is 1.00 bits per heavy atom. The van der Waals surface area contributed by atoms with E-state index in [0.29, 0.717) is 53.4 Å². The van der Waals surface area contributed by atoms with Crippen LogP contribution in [0.3, 0.4) is 0 Å². The number of benzene rings is 9. The lowest BCUT2D eigenvalue weighted by atomic mass is 9.96. The van der Waals surface area contributed by atoms with E-state index in [-0.39, 0.29) is 158 Å². The van der Waals surface area contributed by atoms with Crippen molar-refractivity contribution < 1.29 is 118 Å². The molecule has 10 N–H and O–H groups in total.